The van der Waals surface area contributed by atoms with Gasteiger partial charge in [0.05, 0.1) is 30.4 Å². The summed E-state index contributed by atoms with van der Waals surface area (Å²) in [5.41, 5.74) is 1.30. The van der Waals surface area contributed by atoms with Gasteiger partial charge in [-0.3, -0.25) is 9.59 Å². The van der Waals surface area contributed by atoms with E-state index in [2.05, 4.69) is 10.6 Å². The van der Waals surface area contributed by atoms with Gasteiger partial charge in [-0.15, -0.1) is 0 Å². The van der Waals surface area contributed by atoms with E-state index in [9.17, 15) is 19.5 Å². The highest BCUT2D eigenvalue weighted by Crippen LogP contribution is 2.37. The Labute approximate surface area is 246 Å². The first-order chi connectivity index (χ1) is 20.2. The number of hydrogen-bond acceptors (Lipinski definition) is 7. The number of carbonyl (C=O) groups is 3. The maximum absolute atomic E-state index is 13.7. The molecule has 3 aliphatic rings. The number of carbonyl (C=O) groups excluding carboxylic acids is 3. The van der Waals surface area contributed by atoms with Crippen LogP contribution in [0.5, 0.6) is 17.2 Å². The number of para-hydroxylation sites is 1. The number of hydrogen-bond donors (Lipinski definition) is 3. The maximum atomic E-state index is 13.7. The molecule has 3 atom stereocenters. The number of aliphatic hydroxyl groups excluding tert-OH is 1. The molecular weight excluding hydrogens is 540 g/mol. The first kappa shape index (κ1) is 29.5. The van der Waals surface area contributed by atoms with Crippen LogP contribution in [0.25, 0.3) is 0 Å². The van der Waals surface area contributed by atoms with Gasteiger partial charge in [-0.05, 0) is 44.0 Å². The lowest BCUT2D eigenvalue weighted by atomic mass is 9.88. The number of likely N-dealkylation sites (N-methyl/N-ethyl adjacent to an activating group) is 1. The van der Waals surface area contributed by atoms with E-state index >= 15 is 0 Å². The van der Waals surface area contributed by atoms with Crippen LogP contribution in [0.15, 0.2) is 36.4 Å². The molecule has 2 aromatic carbocycles. The molecule has 0 spiro atoms. The lowest BCUT2D eigenvalue weighted by Crippen LogP contribution is -2.50. The predicted octanol–water partition coefficient (Wildman–Crippen LogP) is 4.32. The number of nitrogens with one attached hydrogen (secondary N) is 2. The number of fused-ring (bicyclic) bond motifs is 2. The van der Waals surface area contributed by atoms with Gasteiger partial charge in [-0.2, -0.15) is 0 Å². The molecule has 3 N–H and O–H groups in total. The fraction of sp³-hybridized carbons (Fsp3) is 0.516. The summed E-state index contributed by atoms with van der Waals surface area (Å²) in [6.45, 7) is 4.21. The molecule has 0 bridgehead atoms. The van der Waals surface area contributed by atoms with Gasteiger partial charge in [0.25, 0.3) is 5.91 Å². The zero-order chi connectivity index (χ0) is 29.8. The number of ether oxygens (including phenoxy) is 3. The molecular formula is C31H40N4O7. The van der Waals surface area contributed by atoms with Gasteiger partial charge < -0.3 is 39.8 Å². The van der Waals surface area contributed by atoms with Crippen molar-refractivity contribution in [3.8, 4) is 17.2 Å². The number of aliphatic hydroxyl groups is 1. The third-order valence-corrected chi connectivity index (χ3v) is 8.35. The van der Waals surface area contributed by atoms with Gasteiger partial charge in [-0.25, -0.2) is 4.79 Å². The summed E-state index contributed by atoms with van der Waals surface area (Å²) >= 11 is 0. The largest absolute Gasteiger partial charge is 0.485 e. The monoisotopic (exact) mass is 580 g/mol. The Morgan fingerprint density at radius 2 is 1.86 bits per heavy atom. The van der Waals surface area contributed by atoms with E-state index in [1.54, 1.807) is 55.3 Å². The van der Waals surface area contributed by atoms with Crippen molar-refractivity contribution >= 4 is 29.2 Å². The van der Waals surface area contributed by atoms with Gasteiger partial charge in [0.15, 0.2) is 17.2 Å². The van der Waals surface area contributed by atoms with E-state index in [4.69, 9.17) is 14.2 Å². The van der Waals surface area contributed by atoms with Crippen LogP contribution in [0.2, 0.25) is 0 Å². The molecule has 2 aliphatic heterocycles. The molecule has 1 saturated carbocycles. The number of anilines is 2. The fourth-order valence-electron chi connectivity index (χ4n) is 5.71. The molecule has 11 nitrogen and oxygen atoms in total. The maximum Gasteiger partial charge on any atom is 0.321 e. The zero-order valence-electron chi connectivity index (χ0n) is 24.4. The second-order valence-electron chi connectivity index (χ2n) is 11.5. The SMILES string of the molecule is C[C@@H]1CN([C@H](C)CO)C(=O)c2cccc(NC(=O)C3CCCCC3)c2O[C@H]1CN(C)C(=O)Nc1ccc2c(c1)OCO2. The van der Waals surface area contributed by atoms with E-state index < -0.39 is 12.1 Å². The van der Waals surface area contributed by atoms with E-state index in [-0.39, 0.29) is 55.4 Å². The lowest BCUT2D eigenvalue weighted by Gasteiger charge is -2.38. The van der Waals surface area contributed by atoms with Crippen LogP contribution in [0.3, 0.4) is 0 Å². The van der Waals surface area contributed by atoms with Crippen LogP contribution in [-0.4, -0.2) is 78.4 Å². The van der Waals surface area contributed by atoms with Crippen LogP contribution in [0.1, 0.15) is 56.3 Å². The quantitative estimate of drug-likeness (QED) is 0.445. The third-order valence-electron chi connectivity index (χ3n) is 8.35. The van der Waals surface area contributed by atoms with Crippen molar-refractivity contribution in [1.82, 2.24) is 9.80 Å². The molecule has 2 heterocycles. The summed E-state index contributed by atoms with van der Waals surface area (Å²) in [7, 11) is 1.67. The Kier molecular flexibility index (Phi) is 9.06. The topological polar surface area (TPSA) is 130 Å². The summed E-state index contributed by atoms with van der Waals surface area (Å²) < 4.78 is 17.3. The molecule has 42 heavy (non-hydrogen) atoms. The van der Waals surface area contributed by atoms with Crippen molar-refractivity contribution in [1.29, 1.82) is 0 Å². The second kappa shape index (κ2) is 12.9. The number of urea groups is 1. The fourth-order valence-corrected chi connectivity index (χ4v) is 5.71. The molecule has 0 radical (unpaired) electrons. The molecule has 0 unspecified atom stereocenters. The van der Waals surface area contributed by atoms with Crippen molar-refractivity contribution in [2.75, 3.05) is 44.2 Å². The van der Waals surface area contributed by atoms with E-state index in [1.807, 2.05) is 6.92 Å². The molecule has 0 saturated heterocycles. The Hall–Kier alpha value is -3.99. The standard InChI is InChI=1S/C31H40N4O7/c1-19-15-35(20(2)17-36)30(38)23-10-7-11-24(33-29(37)21-8-5-4-6-9-21)28(23)42-27(19)16-34(3)31(39)32-22-12-13-25-26(14-22)41-18-40-25/h7,10-14,19-21,27,36H,4-6,8-9,15-18H2,1-3H3,(H,32,39)(H,33,37)/t19-,20-,27+/m1/s1. The van der Waals surface area contributed by atoms with E-state index in [1.165, 1.54) is 4.90 Å². The number of benzene rings is 2. The van der Waals surface area contributed by atoms with Gasteiger partial charge in [-0.1, -0.05) is 32.3 Å². The van der Waals surface area contributed by atoms with Crippen LogP contribution < -0.4 is 24.8 Å². The zero-order valence-corrected chi connectivity index (χ0v) is 24.4. The van der Waals surface area contributed by atoms with Crippen LogP contribution in [0.4, 0.5) is 16.2 Å². The number of rotatable bonds is 7. The average molecular weight is 581 g/mol. The van der Waals surface area contributed by atoms with Gasteiger partial charge in [0.1, 0.15) is 6.10 Å². The van der Waals surface area contributed by atoms with Gasteiger partial charge in [0.2, 0.25) is 12.7 Å². The minimum absolute atomic E-state index is 0.0772. The Morgan fingerprint density at radius 1 is 1.10 bits per heavy atom. The highest BCUT2D eigenvalue weighted by atomic mass is 16.7. The highest BCUT2D eigenvalue weighted by molar-refractivity contribution is 6.02. The van der Waals surface area contributed by atoms with Gasteiger partial charge >= 0.3 is 6.03 Å². The molecule has 0 aromatic heterocycles. The molecule has 5 rings (SSSR count). The smallest absolute Gasteiger partial charge is 0.321 e. The van der Waals surface area contributed by atoms with Crippen LogP contribution in [-0.2, 0) is 4.79 Å². The van der Waals surface area contributed by atoms with Crippen molar-refractivity contribution < 1.29 is 33.7 Å². The first-order valence-corrected chi connectivity index (χ1v) is 14.7. The summed E-state index contributed by atoms with van der Waals surface area (Å²) in [4.78, 5) is 43.3. The molecule has 4 amide bonds. The molecule has 1 fully saturated rings. The van der Waals surface area contributed by atoms with Crippen molar-refractivity contribution in [2.45, 2.75) is 58.1 Å². The lowest BCUT2D eigenvalue weighted by molar-refractivity contribution is -0.120. The molecule has 1 aliphatic carbocycles. The first-order valence-electron chi connectivity index (χ1n) is 14.7. The van der Waals surface area contributed by atoms with Crippen molar-refractivity contribution in [3.05, 3.63) is 42.0 Å². The summed E-state index contributed by atoms with van der Waals surface area (Å²) in [6, 6.07) is 9.56. The van der Waals surface area contributed by atoms with E-state index in [0.717, 1.165) is 32.1 Å². The highest BCUT2D eigenvalue weighted by Gasteiger charge is 2.35. The van der Waals surface area contributed by atoms with Crippen molar-refractivity contribution in [2.24, 2.45) is 11.8 Å². The van der Waals surface area contributed by atoms with Crippen molar-refractivity contribution in [3.63, 3.8) is 0 Å². The Balaban J connectivity index is 1.39. The Morgan fingerprint density at radius 3 is 2.62 bits per heavy atom. The normalized spacial score (nSPS) is 21.0. The molecule has 226 valence electrons. The summed E-state index contributed by atoms with van der Waals surface area (Å²) in [5.74, 6) is 0.826. The molecule has 11 heteroatoms. The van der Waals surface area contributed by atoms with Crippen LogP contribution >= 0.6 is 0 Å². The van der Waals surface area contributed by atoms with Gasteiger partial charge in [0, 0.05) is 37.2 Å². The third kappa shape index (κ3) is 6.41. The molecule has 2 aromatic rings. The Bertz CT molecular complexity index is 1310. The van der Waals surface area contributed by atoms with E-state index in [0.29, 0.717) is 35.0 Å². The van der Waals surface area contributed by atoms with Crippen LogP contribution in [0, 0.1) is 11.8 Å². The minimum atomic E-state index is -0.523. The predicted molar refractivity (Wildman–Crippen MR) is 157 cm³/mol. The second-order valence-corrected chi connectivity index (χ2v) is 11.5. The number of amides is 4. The summed E-state index contributed by atoms with van der Waals surface area (Å²) in [6.07, 6.45) is 4.33. The minimum Gasteiger partial charge on any atom is -0.485 e. The summed E-state index contributed by atoms with van der Waals surface area (Å²) in [5, 5.41) is 15.9. The number of nitrogens with zero attached hydrogens (tertiary/aromatic N) is 2. The average Bonchev–Trinajstić information content (AvgIpc) is 3.47.